The zero-order chi connectivity index (χ0) is 24.9. The van der Waals surface area contributed by atoms with Crippen molar-refractivity contribution in [1.29, 1.82) is 0 Å². The van der Waals surface area contributed by atoms with Crippen molar-refractivity contribution in [3.63, 3.8) is 0 Å². The monoisotopic (exact) mass is 507 g/mol. The molecule has 2 aromatic rings. The number of pyridine rings is 1. The fraction of sp³-hybridized carbons (Fsp3) is 0.556. The summed E-state index contributed by atoms with van der Waals surface area (Å²) >= 11 is 1.40. The van der Waals surface area contributed by atoms with Crippen molar-refractivity contribution in [2.24, 2.45) is 5.41 Å². The van der Waals surface area contributed by atoms with Crippen LogP contribution in [-0.4, -0.2) is 75.7 Å². The fourth-order valence-corrected chi connectivity index (χ4v) is 7.34. The molecule has 2 N–H and O–H groups in total. The summed E-state index contributed by atoms with van der Waals surface area (Å²) in [5, 5.41) is 0.529. The second-order valence-corrected chi connectivity index (χ2v) is 11.9. The van der Waals surface area contributed by atoms with E-state index in [1.54, 1.807) is 11.1 Å². The molecule has 1 saturated carbocycles. The minimum Gasteiger partial charge on any atom is -0.390 e. The van der Waals surface area contributed by atoms with Crippen LogP contribution >= 0.6 is 11.3 Å². The normalized spacial score (nSPS) is 26.1. The van der Waals surface area contributed by atoms with E-state index in [-0.39, 0.29) is 23.8 Å². The molecule has 1 aliphatic carbocycles. The van der Waals surface area contributed by atoms with Crippen LogP contribution in [0.4, 0.5) is 5.00 Å². The molecule has 2 aromatic heterocycles. The molecule has 5 heterocycles. The Balaban J connectivity index is 1.09. The van der Waals surface area contributed by atoms with Gasteiger partial charge in [0.25, 0.3) is 5.91 Å². The van der Waals surface area contributed by atoms with Gasteiger partial charge in [-0.2, -0.15) is 0 Å². The van der Waals surface area contributed by atoms with E-state index in [1.165, 1.54) is 11.3 Å². The first-order chi connectivity index (χ1) is 17.4. The summed E-state index contributed by atoms with van der Waals surface area (Å²) in [7, 11) is 0. The van der Waals surface area contributed by atoms with E-state index in [1.807, 2.05) is 29.2 Å². The van der Waals surface area contributed by atoms with Crippen LogP contribution in [-0.2, 0) is 9.59 Å². The summed E-state index contributed by atoms with van der Waals surface area (Å²) < 4.78 is 0. The molecular weight excluding hydrogens is 474 g/mol. The first-order valence-corrected chi connectivity index (χ1v) is 14.0. The largest absolute Gasteiger partial charge is 0.390 e. The van der Waals surface area contributed by atoms with Gasteiger partial charge in [-0.3, -0.25) is 29.2 Å². The van der Waals surface area contributed by atoms with Crippen LogP contribution in [0.5, 0.6) is 0 Å². The lowest BCUT2D eigenvalue weighted by atomic mass is 9.77. The van der Waals surface area contributed by atoms with Crippen LogP contribution in [0, 0.1) is 5.41 Å². The number of carbonyl (C=O) groups excluding carboxylic acids is 3. The minimum absolute atomic E-state index is 0.0211. The van der Waals surface area contributed by atoms with E-state index in [2.05, 4.69) is 9.88 Å². The number of aromatic nitrogens is 1. The highest BCUT2D eigenvalue weighted by molar-refractivity contribution is 7.19. The van der Waals surface area contributed by atoms with E-state index in [9.17, 15) is 14.4 Å². The Morgan fingerprint density at radius 3 is 2.56 bits per heavy atom. The third-order valence-electron chi connectivity index (χ3n) is 8.65. The number of hydrogen-bond acceptors (Lipinski definition) is 7. The van der Waals surface area contributed by atoms with Crippen LogP contribution in [0.15, 0.2) is 30.5 Å². The number of nitrogen functional groups attached to an aromatic ring is 1. The first-order valence-electron chi connectivity index (χ1n) is 13.2. The topological polar surface area (TPSA) is 99.8 Å². The zero-order valence-corrected chi connectivity index (χ0v) is 21.3. The van der Waals surface area contributed by atoms with Gasteiger partial charge in [0, 0.05) is 44.3 Å². The van der Waals surface area contributed by atoms with Crippen LogP contribution in [0.3, 0.4) is 0 Å². The summed E-state index contributed by atoms with van der Waals surface area (Å²) in [6, 6.07) is 8.04. The average molecular weight is 508 g/mol. The van der Waals surface area contributed by atoms with E-state index in [0.29, 0.717) is 42.7 Å². The third-order valence-corrected chi connectivity index (χ3v) is 9.64. The number of thiophene rings is 1. The smallest absolute Gasteiger partial charge is 0.256 e. The number of anilines is 1. The Morgan fingerprint density at radius 2 is 1.86 bits per heavy atom. The number of hydrogen-bond donors (Lipinski definition) is 1. The fourth-order valence-electron chi connectivity index (χ4n) is 6.44. The Kier molecular flexibility index (Phi) is 6.08. The van der Waals surface area contributed by atoms with E-state index < -0.39 is 5.41 Å². The summed E-state index contributed by atoms with van der Waals surface area (Å²) in [6.45, 7) is 2.96. The van der Waals surface area contributed by atoms with Crippen LogP contribution in [0.2, 0.25) is 0 Å². The van der Waals surface area contributed by atoms with E-state index >= 15 is 0 Å². The van der Waals surface area contributed by atoms with Crippen LogP contribution < -0.4 is 5.73 Å². The maximum atomic E-state index is 13.4. The lowest BCUT2D eigenvalue weighted by Crippen LogP contribution is -2.55. The van der Waals surface area contributed by atoms with Crippen molar-refractivity contribution in [3.8, 4) is 10.6 Å². The van der Waals surface area contributed by atoms with Gasteiger partial charge < -0.3 is 10.6 Å². The maximum absolute atomic E-state index is 13.4. The van der Waals surface area contributed by atoms with Crippen molar-refractivity contribution >= 4 is 34.1 Å². The van der Waals surface area contributed by atoms with Crippen molar-refractivity contribution < 1.29 is 14.4 Å². The molecule has 1 spiro atoms. The Labute approximate surface area is 215 Å². The zero-order valence-electron chi connectivity index (χ0n) is 20.5. The Bertz CT molecular complexity index is 1170. The van der Waals surface area contributed by atoms with E-state index in [0.717, 1.165) is 62.1 Å². The van der Waals surface area contributed by atoms with Gasteiger partial charge in [-0.25, -0.2) is 0 Å². The lowest BCUT2D eigenvalue weighted by Gasteiger charge is -2.45. The number of nitrogens with zero attached hydrogens (tertiary/aromatic N) is 4. The second-order valence-electron chi connectivity index (χ2n) is 10.8. The average Bonchev–Trinajstić information content (AvgIpc) is 3.36. The summed E-state index contributed by atoms with van der Waals surface area (Å²) in [6.07, 6.45) is 8.63. The molecule has 1 atom stereocenters. The summed E-state index contributed by atoms with van der Waals surface area (Å²) in [4.78, 5) is 50.7. The van der Waals surface area contributed by atoms with Gasteiger partial charge in [-0.1, -0.05) is 6.07 Å². The highest BCUT2D eigenvalue weighted by Gasteiger charge is 2.55. The van der Waals surface area contributed by atoms with Crippen LogP contribution in [0.25, 0.3) is 10.6 Å². The second kappa shape index (κ2) is 9.27. The number of carbonyl (C=O) groups is 3. The molecule has 4 fully saturated rings. The molecule has 36 heavy (non-hydrogen) atoms. The summed E-state index contributed by atoms with van der Waals surface area (Å²) in [5.74, 6) is 0.0868. The van der Waals surface area contributed by atoms with E-state index in [4.69, 9.17) is 5.73 Å². The quantitative estimate of drug-likeness (QED) is 0.637. The molecule has 4 aliphatic rings. The molecular formula is C27H33N5O3S. The van der Waals surface area contributed by atoms with Crippen molar-refractivity contribution in [2.45, 2.75) is 63.5 Å². The predicted molar refractivity (Wildman–Crippen MR) is 138 cm³/mol. The molecule has 0 bridgehead atoms. The molecule has 3 saturated heterocycles. The molecule has 3 aliphatic heterocycles. The third kappa shape index (κ3) is 4.02. The van der Waals surface area contributed by atoms with Gasteiger partial charge in [0.2, 0.25) is 11.8 Å². The number of rotatable bonds is 4. The molecule has 1 unspecified atom stereocenters. The van der Waals surface area contributed by atoms with Gasteiger partial charge in [-0.05, 0) is 69.7 Å². The Morgan fingerprint density at radius 1 is 1.06 bits per heavy atom. The number of imide groups is 1. The highest BCUT2D eigenvalue weighted by Crippen LogP contribution is 2.45. The number of nitrogens with two attached hydrogens (primary N) is 1. The predicted octanol–water partition coefficient (Wildman–Crippen LogP) is 3.39. The molecule has 0 radical (unpaired) electrons. The number of piperidine rings is 2. The molecule has 190 valence electrons. The molecule has 9 heteroatoms. The van der Waals surface area contributed by atoms with Crippen molar-refractivity contribution in [1.82, 2.24) is 19.7 Å². The standard InChI is InChI=1S/C27H33N5O3S/c28-24-20(15-22(36-24)21-7-1-2-11-29-21)25(34)30-13-8-18(9-14-30)31-12-4-10-27(17-31)16-23(33)32(26(27)35)19-5-3-6-19/h1-2,7,11,15,18-19H,3-6,8-10,12-14,16-17,28H2. The van der Waals surface area contributed by atoms with Gasteiger partial charge in [0.1, 0.15) is 0 Å². The molecule has 3 amide bonds. The molecule has 6 rings (SSSR count). The van der Waals surface area contributed by atoms with Gasteiger partial charge in [0.05, 0.1) is 26.6 Å². The van der Waals surface area contributed by atoms with Crippen molar-refractivity contribution in [3.05, 3.63) is 36.0 Å². The van der Waals surface area contributed by atoms with Crippen molar-refractivity contribution in [2.75, 3.05) is 31.9 Å². The first kappa shape index (κ1) is 23.6. The van der Waals surface area contributed by atoms with Gasteiger partial charge >= 0.3 is 0 Å². The highest BCUT2D eigenvalue weighted by atomic mass is 32.1. The minimum atomic E-state index is -0.537. The van der Waals surface area contributed by atoms with Gasteiger partial charge in [0.15, 0.2) is 0 Å². The lowest BCUT2D eigenvalue weighted by molar-refractivity contribution is -0.147. The van der Waals surface area contributed by atoms with Gasteiger partial charge in [-0.15, -0.1) is 11.3 Å². The number of amides is 3. The maximum Gasteiger partial charge on any atom is 0.256 e. The summed E-state index contributed by atoms with van der Waals surface area (Å²) in [5.41, 5.74) is 7.08. The molecule has 0 aromatic carbocycles. The molecule has 8 nitrogen and oxygen atoms in total. The van der Waals surface area contributed by atoms with Crippen LogP contribution in [0.1, 0.15) is 61.7 Å². The number of likely N-dealkylation sites (tertiary alicyclic amines) is 3. The SMILES string of the molecule is Nc1sc(-c2ccccn2)cc1C(=O)N1CCC(N2CCCC3(CC(=O)N(C4CCC4)C3=O)C2)CC1. The Hall–Kier alpha value is -2.78.